The third-order valence-corrected chi connectivity index (χ3v) is 3.36. The maximum absolute atomic E-state index is 3.91. The minimum Gasteiger partial charge on any atom is -0.272 e. The number of rotatable bonds is 6. The van der Waals surface area contributed by atoms with Crippen molar-refractivity contribution in [3.05, 3.63) is 53.2 Å². The van der Waals surface area contributed by atoms with Crippen molar-refractivity contribution in [2.75, 3.05) is 12.0 Å². The molecule has 0 spiro atoms. The van der Waals surface area contributed by atoms with Crippen LogP contribution in [0, 0.1) is 13.8 Å². The summed E-state index contributed by atoms with van der Waals surface area (Å²) >= 11 is 1.86. The summed E-state index contributed by atoms with van der Waals surface area (Å²) in [5, 5.41) is 0. The predicted molar refractivity (Wildman–Crippen MR) is 85.6 cm³/mol. The summed E-state index contributed by atoms with van der Waals surface area (Å²) in [5.41, 5.74) is 4.91. The van der Waals surface area contributed by atoms with Gasteiger partial charge in [-0.15, -0.1) is 0 Å². The minimum atomic E-state index is 1.08. The quantitative estimate of drug-likeness (QED) is 0.411. The second-order valence-corrected chi connectivity index (χ2v) is 5.25. The van der Waals surface area contributed by atoms with Crippen molar-refractivity contribution in [1.82, 2.24) is 0 Å². The Kier molecular flexibility index (Phi) is 6.51. The molecule has 0 aliphatic rings. The fourth-order valence-corrected chi connectivity index (χ4v) is 2.12. The third kappa shape index (κ3) is 4.53. The summed E-state index contributed by atoms with van der Waals surface area (Å²) in [6.45, 7) is 7.79. The van der Waals surface area contributed by atoms with E-state index in [0.717, 1.165) is 17.7 Å². The molecule has 0 amide bonds. The van der Waals surface area contributed by atoms with E-state index in [-0.39, 0.29) is 0 Å². The molecule has 0 saturated carbocycles. The molecule has 0 aromatic heterocycles. The van der Waals surface area contributed by atoms with Crippen LogP contribution >= 0.6 is 11.8 Å². The van der Waals surface area contributed by atoms with Gasteiger partial charge in [-0.3, -0.25) is 4.99 Å². The van der Waals surface area contributed by atoms with Crippen LogP contribution in [0.25, 0.3) is 5.57 Å². The van der Waals surface area contributed by atoms with E-state index in [9.17, 15) is 0 Å². The number of hydrogen-bond donors (Lipinski definition) is 0. The monoisotopic (exact) mass is 259 g/mol. The summed E-state index contributed by atoms with van der Waals surface area (Å²) in [4.78, 5) is 3.91. The molecular weight excluding hydrogens is 238 g/mol. The number of allylic oxidation sites excluding steroid dienone is 3. The maximum atomic E-state index is 3.91. The molecule has 0 aliphatic heterocycles. The smallest absolute Gasteiger partial charge is 0.0339 e. The third-order valence-electron chi connectivity index (χ3n) is 2.72. The van der Waals surface area contributed by atoms with Gasteiger partial charge in [-0.25, -0.2) is 0 Å². The molecule has 0 fully saturated rings. The lowest BCUT2D eigenvalue weighted by Crippen LogP contribution is -1.88. The van der Waals surface area contributed by atoms with Crippen molar-refractivity contribution in [2.24, 2.45) is 4.99 Å². The van der Waals surface area contributed by atoms with Crippen molar-refractivity contribution in [1.29, 1.82) is 0 Å². The molecule has 1 nitrogen and oxygen atoms in total. The van der Waals surface area contributed by atoms with Crippen molar-refractivity contribution in [2.45, 2.75) is 20.3 Å². The van der Waals surface area contributed by atoms with Gasteiger partial charge in [0.05, 0.1) is 0 Å². The number of nitrogens with zero attached hydrogens (tertiary/aromatic N) is 1. The second kappa shape index (κ2) is 7.93. The first-order chi connectivity index (χ1) is 8.69. The van der Waals surface area contributed by atoms with Gasteiger partial charge in [0.1, 0.15) is 0 Å². The van der Waals surface area contributed by atoms with Crippen molar-refractivity contribution >= 4 is 24.1 Å². The molecule has 0 radical (unpaired) electrons. The fourth-order valence-electron chi connectivity index (χ4n) is 1.74. The Labute approximate surface area is 115 Å². The highest BCUT2D eigenvalue weighted by molar-refractivity contribution is 7.98. The Morgan fingerprint density at radius 2 is 2.17 bits per heavy atom. The lowest BCUT2D eigenvalue weighted by molar-refractivity contribution is 1.25. The molecule has 1 aromatic rings. The first-order valence-corrected chi connectivity index (χ1v) is 7.47. The van der Waals surface area contributed by atoms with Crippen LogP contribution in [-0.4, -0.2) is 18.7 Å². The topological polar surface area (TPSA) is 12.4 Å². The molecule has 0 unspecified atom stereocenters. The van der Waals surface area contributed by atoms with Gasteiger partial charge in [0.25, 0.3) is 0 Å². The first-order valence-electron chi connectivity index (χ1n) is 6.08. The molecular formula is C16H21NS. The normalized spacial score (nSPS) is 12.1. The number of aliphatic imine (C=N–C) groups is 1. The van der Waals surface area contributed by atoms with Gasteiger partial charge in [-0.1, -0.05) is 35.9 Å². The molecule has 0 saturated heterocycles. The Morgan fingerprint density at radius 1 is 1.39 bits per heavy atom. The van der Waals surface area contributed by atoms with Crippen LogP contribution < -0.4 is 0 Å². The van der Waals surface area contributed by atoms with Gasteiger partial charge in [-0.05, 0) is 55.7 Å². The Balaban J connectivity index is 2.98. The van der Waals surface area contributed by atoms with Crippen LogP contribution in [0.1, 0.15) is 23.1 Å². The van der Waals surface area contributed by atoms with Gasteiger partial charge in [-0.2, -0.15) is 11.8 Å². The SMILES string of the molecule is C=N/C=C(\C=C/CCSC)c1cc(C)ccc1C. The number of hydrogen-bond acceptors (Lipinski definition) is 2. The van der Waals surface area contributed by atoms with Gasteiger partial charge in [0.2, 0.25) is 0 Å². The number of thioether (sulfide) groups is 1. The average Bonchev–Trinajstić information content (AvgIpc) is 2.36. The molecule has 0 aliphatic carbocycles. The molecule has 1 aromatic carbocycles. The van der Waals surface area contributed by atoms with E-state index < -0.39 is 0 Å². The molecule has 0 atom stereocenters. The van der Waals surface area contributed by atoms with E-state index in [1.54, 1.807) is 0 Å². The van der Waals surface area contributed by atoms with Gasteiger partial charge in [0.15, 0.2) is 0 Å². The Bertz CT molecular complexity index is 458. The largest absolute Gasteiger partial charge is 0.272 e. The van der Waals surface area contributed by atoms with Crippen LogP contribution in [0.4, 0.5) is 0 Å². The van der Waals surface area contributed by atoms with Crippen LogP contribution in [-0.2, 0) is 0 Å². The lowest BCUT2D eigenvalue weighted by atomic mass is 9.98. The Morgan fingerprint density at radius 3 is 2.83 bits per heavy atom. The van der Waals surface area contributed by atoms with E-state index in [1.807, 2.05) is 18.0 Å². The summed E-state index contributed by atoms with van der Waals surface area (Å²) in [6, 6.07) is 6.48. The van der Waals surface area contributed by atoms with Crippen LogP contribution in [0.5, 0.6) is 0 Å². The van der Waals surface area contributed by atoms with Crippen molar-refractivity contribution in [3.63, 3.8) is 0 Å². The van der Waals surface area contributed by atoms with Crippen molar-refractivity contribution < 1.29 is 0 Å². The summed E-state index contributed by atoms with van der Waals surface area (Å²) in [5.74, 6) is 1.15. The minimum absolute atomic E-state index is 1.08. The summed E-state index contributed by atoms with van der Waals surface area (Å²) in [6.07, 6.45) is 9.39. The predicted octanol–water partition coefficient (Wildman–Crippen LogP) is 4.65. The van der Waals surface area contributed by atoms with E-state index in [4.69, 9.17) is 0 Å². The fraction of sp³-hybridized carbons (Fsp3) is 0.312. The summed E-state index contributed by atoms with van der Waals surface area (Å²) in [7, 11) is 0. The van der Waals surface area contributed by atoms with Crippen LogP contribution in [0.2, 0.25) is 0 Å². The molecule has 0 bridgehead atoms. The zero-order valence-corrected chi connectivity index (χ0v) is 12.3. The standard InChI is InChI=1S/C16H21NS/c1-13-8-9-14(2)16(11-13)15(12-17-3)7-5-6-10-18-4/h5,7-9,11-12H,3,6,10H2,1-2,4H3/b7-5-,15-12+. The van der Waals surface area contributed by atoms with E-state index in [0.29, 0.717) is 0 Å². The van der Waals surface area contributed by atoms with Crippen LogP contribution in [0.3, 0.4) is 0 Å². The molecule has 0 heterocycles. The molecule has 96 valence electrons. The average molecular weight is 259 g/mol. The maximum Gasteiger partial charge on any atom is 0.0339 e. The Hall–Kier alpha value is -1.28. The van der Waals surface area contributed by atoms with Gasteiger partial charge >= 0.3 is 0 Å². The molecule has 1 rings (SSSR count). The highest BCUT2D eigenvalue weighted by atomic mass is 32.2. The molecule has 18 heavy (non-hydrogen) atoms. The van der Waals surface area contributed by atoms with E-state index in [1.165, 1.54) is 16.7 Å². The van der Waals surface area contributed by atoms with E-state index >= 15 is 0 Å². The van der Waals surface area contributed by atoms with Crippen LogP contribution in [0.15, 0.2) is 41.5 Å². The highest BCUT2D eigenvalue weighted by Gasteiger charge is 2.02. The zero-order valence-electron chi connectivity index (χ0n) is 11.4. The van der Waals surface area contributed by atoms with Gasteiger partial charge < -0.3 is 0 Å². The first kappa shape index (κ1) is 14.8. The summed E-state index contributed by atoms with van der Waals surface area (Å²) < 4.78 is 0. The van der Waals surface area contributed by atoms with E-state index in [2.05, 4.69) is 62.2 Å². The highest BCUT2D eigenvalue weighted by Crippen LogP contribution is 2.22. The zero-order chi connectivity index (χ0) is 13.4. The van der Waals surface area contributed by atoms with Gasteiger partial charge in [0, 0.05) is 6.20 Å². The molecule has 0 N–H and O–H groups in total. The van der Waals surface area contributed by atoms with Crippen molar-refractivity contribution in [3.8, 4) is 0 Å². The molecule has 2 heteroatoms. The second-order valence-electron chi connectivity index (χ2n) is 4.27. The lowest BCUT2D eigenvalue weighted by Gasteiger charge is -2.07. The number of benzene rings is 1. The number of aryl methyl sites for hydroxylation is 2.